The average molecular weight is 233 g/mol. The molecule has 2 aromatic heterocycles. The Morgan fingerprint density at radius 1 is 1.41 bits per heavy atom. The van der Waals surface area contributed by atoms with Gasteiger partial charge >= 0.3 is 0 Å². The summed E-state index contributed by atoms with van der Waals surface area (Å²) in [4.78, 5) is 4.24. The van der Waals surface area contributed by atoms with Crippen LogP contribution in [0.15, 0.2) is 24.7 Å². The minimum absolute atomic E-state index is 0.0448. The summed E-state index contributed by atoms with van der Waals surface area (Å²) in [5, 5.41) is 11.1. The molecule has 6 heteroatoms. The van der Waals surface area contributed by atoms with E-state index in [1.54, 1.807) is 19.6 Å². The Morgan fingerprint density at radius 3 is 2.76 bits per heavy atom. The molecule has 0 bridgehead atoms. The standard InChI is InChI=1S/C11H15N5O/c1-8(11-15-13-7-16(11)2)14-10-5-4-9(17-3)6-12-10/h4-8H,1-3H3,(H,12,14). The predicted molar refractivity (Wildman–Crippen MR) is 63.8 cm³/mol. The molecular weight excluding hydrogens is 218 g/mol. The third-order valence-electron chi connectivity index (χ3n) is 2.47. The van der Waals surface area contributed by atoms with E-state index in [4.69, 9.17) is 4.74 Å². The largest absolute Gasteiger partial charge is 0.495 e. The van der Waals surface area contributed by atoms with Crippen molar-refractivity contribution in [3.05, 3.63) is 30.5 Å². The molecule has 2 heterocycles. The highest BCUT2D eigenvalue weighted by atomic mass is 16.5. The van der Waals surface area contributed by atoms with Crippen LogP contribution in [0.5, 0.6) is 5.75 Å². The van der Waals surface area contributed by atoms with Gasteiger partial charge in [0.15, 0.2) is 5.82 Å². The summed E-state index contributed by atoms with van der Waals surface area (Å²) < 4.78 is 6.92. The average Bonchev–Trinajstić information content (AvgIpc) is 2.76. The highest BCUT2D eigenvalue weighted by molar-refractivity contribution is 5.38. The van der Waals surface area contributed by atoms with E-state index in [-0.39, 0.29) is 6.04 Å². The van der Waals surface area contributed by atoms with E-state index >= 15 is 0 Å². The summed E-state index contributed by atoms with van der Waals surface area (Å²) in [5.74, 6) is 2.38. The van der Waals surface area contributed by atoms with Crippen LogP contribution in [-0.4, -0.2) is 26.9 Å². The molecule has 0 aliphatic heterocycles. The molecule has 0 aromatic carbocycles. The lowest BCUT2D eigenvalue weighted by molar-refractivity contribution is 0.413. The van der Waals surface area contributed by atoms with Crippen molar-refractivity contribution < 1.29 is 4.74 Å². The number of hydrogen-bond donors (Lipinski definition) is 1. The van der Waals surface area contributed by atoms with Crippen LogP contribution >= 0.6 is 0 Å². The minimum Gasteiger partial charge on any atom is -0.495 e. The molecule has 6 nitrogen and oxygen atoms in total. The maximum Gasteiger partial charge on any atom is 0.154 e. The van der Waals surface area contributed by atoms with Crippen molar-refractivity contribution in [2.75, 3.05) is 12.4 Å². The van der Waals surface area contributed by atoms with E-state index in [1.807, 2.05) is 30.7 Å². The quantitative estimate of drug-likeness (QED) is 0.864. The molecule has 17 heavy (non-hydrogen) atoms. The second kappa shape index (κ2) is 4.82. The Kier molecular flexibility index (Phi) is 3.22. The van der Waals surface area contributed by atoms with E-state index in [0.29, 0.717) is 0 Å². The van der Waals surface area contributed by atoms with Crippen LogP contribution in [0.1, 0.15) is 18.8 Å². The molecule has 2 rings (SSSR count). The Labute approximate surface area is 99.7 Å². The van der Waals surface area contributed by atoms with Crippen LogP contribution in [0.2, 0.25) is 0 Å². The maximum absolute atomic E-state index is 5.05. The van der Waals surface area contributed by atoms with Gasteiger partial charge in [0.25, 0.3) is 0 Å². The van der Waals surface area contributed by atoms with Crippen molar-refractivity contribution in [2.24, 2.45) is 7.05 Å². The zero-order valence-corrected chi connectivity index (χ0v) is 10.1. The molecule has 1 atom stereocenters. The van der Waals surface area contributed by atoms with E-state index in [9.17, 15) is 0 Å². The smallest absolute Gasteiger partial charge is 0.154 e. The van der Waals surface area contributed by atoms with Gasteiger partial charge in [-0.15, -0.1) is 10.2 Å². The lowest BCUT2D eigenvalue weighted by Gasteiger charge is -2.13. The van der Waals surface area contributed by atoms with E-state index in [1.165, 1.54) is 0 Å². The first kappa shape index (κ1) is 11.4. The first-order chi connectivity index (χ1) is 8.20. The van der Waals surface area contributed by atoms with E-state index < -0.39 is 0 Å². The second-order valence-corrected chi connectivity index (χ2v) is 3.75. The Hall–Kier alpha value is -2.11. The van der Waals surface area contributed by atoms with Crippen molar-refractivity contribution in [2.45, 2.75) is 13.0 Å². The number of hydrogen-bond acceptors (Lipinski definition) is 5. The monoisotopic (exact) mass is 233 g/mol. The number of pyridine rings is 1. The first-order valence-corrected chi connectivity index (χ1v) is 5.31. The van der Waals surface area contributed by atoms with Gasteiger partial charge in [-0.1, -0.05) is 0 Å². The number of ether oxygens (including phenoxy) is 1. The fourth-order valence-electron chi connectivity index (χ4n) is 1.56. The van der Waals surface area contributed by atoms with Crippen molar-refractivity contribution in [1.29, 1.82) is 0 Å². The molecule has 0 fully saturated rings. The Balaban J connectivity index is 2.07. The molecule has 0 radical (unpaired) electrons. The van der Waals surface area contributed by atoms with Crippen LogP contribution in [0, 0.1) is 0 Å². The SMILES string of the molecule is COc1ccc(NC(C)c2nncn2C)nc1. The Bertz CT molecular complexity index is 479. The van der Waals surface area contributed by atoms with E-state index in [2.05, 4.69) is 20.5 Å². The summed E-state index contributed by atoms with van der Waals surface area (Å²) in [5.41, 5.74) is 0. The highest BCUT2D eigenvalue weighted by Gasteiger charge is 2.11. The summed E-state index contributed by atoms with van der Waals surface area (Å²) in [6.07, 6.45) is 3.35. The second-order valence-electron chi connectivity index (χ2n) is 3.75. The van der Waals surface area contributed by atoms with Gasteiger partial charge in [-0.3, -0.25) is 0 Å². The molecule has 0 saturated heterocycles. The zero-order valence-electron chi connectivity index (χ0n) is 10.1. The Morgan fingerprint density at radius 2 is 2.24 bits per heavy atom. The van der Waals surface area contributed by atoms with Crippen molar-refractivity contribution in [3.63, 3.8) is 0 Å². The van der Waals surface area contributed by atoms with Crippen LogP contribution in [0.25, 0.3) is 0 Å². The van der Waals surface area contributed by atoms with Crippen molar-refractivity contribution in [1.82, 2.24) is 19.7 Å². The van der Waals surface area contributed by atoms with Crippen molar-refractivity contribution >= 4 is 5.82 Å². The summed E-state index contributed by atoms with van der Waals surface area (Å²) in [6.45, 7) is 2.01. The normalized spacial score (nSPS) is 12.2. The molecule has 0 aliphatic carbocycles. The van der Waals surface area contributed by atoms with Gasteiger partial charge in [-0.2, -0.15) is 0 Å². The molecule has 1 unspecified atom stereocenters. The van der Waals surface area contributed by atoms with Crippen LogP contribution < -0.4 is 10.1 Å². The summed E-state index contributed by atoms with van der Waals surface area (Å²) in [7, 11) is 3.53. The molecule has 0 aliphatic rings. The molecule has 90 valence electrons. The molecule has 1 N–H and O–H groups in total. The number of aryl methyl sites for hydroxylation is 1. The lowest BCUT2D eigenvalue weighted by Crippen LogP contribution is -2.12. The van der Waals surface area contributed by atoms with E-state index in [0.717, 1.165) is 17.4 Å². The van der Waals surface area contributed by atoms with Gasteiger partial charge in [-0.05, 0) is 19.1 Å². The number of rotatable bonds is 4. The van der Waals surface area contributed by atoms with Gasteiger partial charge in [0, 0.05) is 7.05 Å². The molecule has 0 saturated carbocycles. The third-order valence-corrected chi connectivity index (χ3v) is 2.47. The van der Waals surface area contributed by atoms with Gasteiger partial charge < -0.3 is 14.6 Å². The minimum atomic E-state index is 0.0448. The van der Waals surface area contributed by atoms with Gasteiger partial charge in [0.05, 0.1) is 19.3 Å². The number of nitrogens with zero attached hydrogens (tertiary/aromatic N) is 4. The molecule has 0 amide bonds. The number of nitrogens with one attached hydrogen (secondary N) is 1. The first-order valence-electron chi connectivity index (χ1n) is 5.31. The topological polar surface area (TPSA) is 64.9 Å². The summed E-state index contributed by atoms with van der Waals surface area (Å²) in [6, 6.07) is 3.77. The number of anilines is 1. The third kappa shape index (κ3) is 2.52. The van der Waals surface area contributed by atoms with Gasteiger partial charge in [0.1, 0.15) is 17.9 Å². The number of methoxy groups -OCH3 is 1. The lowest BCUT2D eigenvalue weighted by atomic mass is 10.3. The number of aromatic nitrogens is 4. The molecule has 0 spiro atoms. The highest BCUT2D eigenvalue weighted by Crippen LogP contribution is 2.17. The van der Waals surface area contributed by atoms with Crippen LogP contribution in [0.3, 0.4) is 0 Å². The van der Waals surface area contributed by atoms with Gasteiger partial charge in [-0.25, -0.2) is 4.98 Å². The molecule has 2 aromatic rings. The fraction of sp³-hybridized carbons (Fsp3) is 0.364. The zero-order chi connectivity index (χ0) is 12.3. The van der Waals surface area contributed by atoms with Gasteiger partial charge in [0.2, 0.25) is 0 Å². The van der Waals surface area contributed by atoms with Crippen LogP contribution in [-0.2, 0) is 7.05 Å². The fourth-order valence-corrected chi connectivity index (χ4v) is 1.56. The van der Waals surface area contributed by atoms with Crippen LogP contribution in [0.4, 0.5) is 5.82 Å². The maximum atomic E-state index is 5.05. The summed E-state index contributed by atoms with van der Waals surface area (Å²) >= 11 is 0. The predicted octanol–water partition coefficient (Wildman–Crippen LogP) is 1.39. The molecular formula is C11H15N5O. The van der Waals surface area contributed by atoms with Crippen molar-refractivity contribution in [3.8, 4) is 5.75 Å².